The average molecular weight is 295 g/mol. The van der Waals surface area contributed by atoms with Crippen LogP contribution in [0.15, 0.2) is 18.2 Å². The summed E-state index contributed by atoms with van der Waals surface area (Å²) >= 11 is 0. The van der Waals surface area contributed by atoms with Crippen molar-refractivity contribution in [3.63, 3.8) is 0 Å². The van der Waals surface area contributed by atoms with Gasteiger partial charge in [-0.1, -0.05) is 0 Å². The highest BCUT2D eigenvalue weighted by Crippen LogP contribution is 2.24. The maximum atomic E-state index is 9.32. The topological polar surface area (TPSA) is 51.2 Å². The summed E-state index contributed by atoms with van der Waals surface area (Å²) in [5.41, 5.74) is 0.800. The van der Waals surface area contributed by atoms with Gasteiger partial charge in [0.1, 0.15) is 18.1 Å². The van der Waals surface area contributed by atoms with E-state index in [9.17, 15) is 5.11 Å². The molecule has 0 aromatic heterocycles. The minimum absolute atomic E-state index is 0.0187. The molecular weight excluding hydrogens is 270 g/mol. The van der Waals surface area contributed by atoms with Crippen molar-refractivity contribution in [2.24, 2.45) is 0 Å². The standard InChI is InChI=1S/C16H25NO4/c1-13(2)21-16-10-14(12-18)9-15(11-16)20-8-5-17-3-6-19-7-4-17/h9-11,13,18H,3-8,12H2,1-2H3. The summed E-state index contributed by atoms with van der Waals surface area (Å²) in [4.78, 5) is 2.32. The number of nitrogens with zero attached hydrogens (tertiary/aromatic N) is 1. The quantitative estimate of drug-likeness (QED) is 0.829. The van der Waals surface area contributed by atoms with E-state index >= 15 is 0 Å². The molecule has 0 bridgehead atoms. The van der Waals surface area contributed by atoms with Crippen LogP contribution in [-0.4, -0.2) is 55.6 Å². The molecule has 0 spiro atoms. The lowest BCUT2D eigenvalue weighted by molar-refractivity contribution is 0.0322. The maximum Gasteiger partial charge on any atom is 0.123 e. The van der Waals surface area contributed by atoms with Crippen molar-refractivity contribution in [2.45, 2.75) is 26.6 Å². The zero-order valence-electron chi connectivity index (χ0n) is 12.9. The minimum atomic E-state index is -0.0187. The number of morpholine rings is 1. The van der Waals surface area contributed by atoms with Crippen molar-refractivity contribution in [3.05, 3.63) is 23.8 Å². The molecule has 1 heterocycles. The highest BCUT2D eigenvalue weighted by atomic mass is 16.5. The number of hydrogen-bond donors (Lipinski definition) is 1. The number of ether oxygens (including phenoxy) is 3. The van der Waals surface area contributed by atoms with Crippen LogP contribution in [0.5, 0.6) is 11.5 Å². The van der Waals surface area contributed by atoms with Crippen molar-refractivity contribution < 1.29 is 19.3 Å². The van der Waals surface area contributed by atoms with E-state index in [-0.39, 0.29) is 12.7 Å². The molecule has 21 heavy (non-hydrogen) atoms. The van der Waals surface area contributed by atoms with E-state index in [2.05, 4.69) is 4.90 Å². The lowest BCUT2D eigenvalue weighted by Gasteiger charge is -2.26. The van der Waals surface area contributed by atoms with Gasteiger partial charge >= 0.3 is 0 Å². The number of aliphatic hydroxyl groups is 1. The first-order chi connectivity index (χ1) is 10.2. The van der Waals surface area contributed by atoms with Gasteiger partial charge in [0.2, 0.25) is 0 Å². The molecule has 1 saturated heterocycles. The fraction of sp³-hybridized carbons (Fsp3) is 0.625. The van der Waals surface area contributed by atoms with Crippen molar-refractivity contribution >= 4 is 0 Å². The molecule has 1 fully saturated rings. The summed E-state index contributed by atoms with van der Waals surface area (Å²) in [5, 5.41) is 9.32. The van der Waals surface area contributed by atoms with Crippen LogP contribution < -0.4 is 9.47 Å². The molecule has 1 aromatic rings. The Morgan fingerprint density at radius 1 is 1.19 bits per heavy atom. The predicted molar refractivity (Wildman–Crippen MR) is 80.9 cm³/mol. The maximum absolute atomic E-state index is 9.32. The Labute approximate surface area is 126 Å². The smallest absolute Gasteiger partial charge is 0.123 e. The van der Waals surface area contributed by atoms with Crippen molar-refractivity contribution in [1.82, 2.24) is 4.90 Å². The summed E-state index contributed by atoms with van der Waals surface area (Å²) in [6.07, 6.45) is 0.0974. The van der Waals surface area contributed by atoms with Crippen LogP contribution in [0, 0.1) is 0 Å². The lowest BCUT2D eigenvalue weighted by atomic mass is 10.2. The van der Waals surface area contributed by atoms with Crippen molar-refractivity contribution in [1.29, 1.82) is 0 Å². The highest BCUT2D eigenvalue weighted by Gasteiger charge is 2.10. The molecule has 0 aliphatic carbocycles. The van der Waals surface area contributed by atoms with E-state index < -0.39 is 0 Å². The Bertz CT molecular complexity index is 430. The third-order valence-electron chi connectivity index (χ3n) is 3.27. The summed E-state index contributed by atoms with van der Waals surface area (Å²) in [5.74, 6) is 1.48. The second kappa shape index (κ2) is 8.22. The van der Waals surface area contributed by atoms with Crippen LogP contribution in [-0.2, 0) is 11.3 Å². The Kier molecular flexibility index (Phi) is 6.29. The highest BCUT2D eigenvalue weighted by molar-refractivity contribution is 5.38. The lowest BCUT2D eigenvalue weighted by Crippen LogP contribution is -2.38. The second-order valence-electron chi connectivity index (χ2n) is 5.44. The Morgan fingerprint density at radius 2 is 1.90 bits per heavy atom. The van der Waals surface area contributed by atoms with E-state index in [0.29, 0.717) is 6.61 Å². The summed E-state index contributed by atoms with van der Waals surface area (Å²) < 4.78 is 16.8. The van der Waals surface area contributed by atoms with Crippen LogP contribution in [0.3, 0.4) is 0 Å². The largest absolute Gasteiger partial charge is 0.492 e. The zero-order valence-corrected chi connectivity index (χ0v) is 12.9. The molecule has 1 aromatic carbocycles. The first-order valence-electron chi connectivity index (χ1n) is 7.52. The zero-order chi connectivity index (χ0) is 15.1. The summed E-state index contributed by atoms with van der Waals surface area (Å²) in [6, 6.07) is 5.57. The van der Waals surface area contributed by atoms with Gasteiger partial charge in [0, 0.05) is 25.7 Å². The minimum Gasteiger partial charge on any atom is -0.492 e. The van der Waals surface area contributed by atoms with Gasteiger partial charge < -0.3 is 19.3 Å². The molecule has 0 radical (unpaired) electrons. The molecule has 0 atom stereocenters. The van der Waals surface area contributed by atoms with Crippen LogP contribution in [0.2, 0.25) is 0 Å². The summed E-state index contributed by atoms with van der Waals surface area (Å²) in [6.45, 7) is 8.95. The van der Waals surface area contributed by atoms with Crippen LogP contribution in [0.25, 0.3) is 0 Å². The Balaban J connectivity index is 1.88. The van der Waals surface area contributed by atoms with Gasteiger partial charge in [-0.3, -0.25) is 4.90 Å². The molecule has 0 saturated carbocycles. The van der Waals surface area contributed by atoms with Crippen LogP contribution in [0.4, 0.5) is 0 Å². The van der Waals surface area contributed by atoms with E-state index in [0.717, 1.165) is 49.9 Å². The predicted octanol–water partition coefficient (Wildman–Crippen LogP) is 1.68. The number of benzene rings is 1. The van der Waals surface area contributed by atoms with Crippen LogP contribution in [0.1, 0.15) is 19.4 Å². The van der Waals surface area contributed by atoms with Gasteiger partial charge in [0.25, 0.3) is 0 Å². The van der Waals surface area contributed by atoms with Gasteiger partial charge in [-0.15, -0.1) is 0 Å². The SMILES string of the molecule is CC(C)Oc1cc(CO)cc(OCCN2CCOCC2)c1. The van der Waals surface area contributed by atoms with Crippen LogP contribution >= 0.6 is 0 Å². The molecule has 5 nitrogen and oxygen atoms in total. The van der Waals surface area contributed by atoms with Gasteiger partial charge in [-0.25, -0.2) is 0 Å². The fourth-order valence-electron chi connectivity index (χ4n) is 2.26. The number of hydrogen-bond acceptors (Lipinski definition) is 5. The Hall–Kier alpha value is -1.30. The third kappa shape index (κ3) is 5.53. The number of rotatable bonds is 7. The second-order valence-corrected chi connectivity index (χ2v) is 5.44. The monoisotopic (exact) mass is 295 g/mol. The molecular formula is C16H25NO4. The van der Waals surface area contributed by atoms with Gasteiger partial charge in [0.05, 0.1) is 25.9 Å². The molecule has 5 heteroatoms. The summed E-state index contributed by atoms with van der Waals surface area (Å²) in [7, 11) is 0. The van der Waals surface area contributed by atoms with Gasteiger partial charge in [-0.05, 0) is 31.5 Å². The molecule has 0 unspecified atom stereocenters. The number of aliphatic hydroxyl groups excluding tert-OH is 1. The van der Waals surface area contributed by atoms with E-state index in [1.54, 1.807) is 0 Å². The molecule has 2 rings (SSSR count). The average Bonchev–Trinajstić information content (AvgIpc) is 2.47. The fourth-order valence-corrected chi connectivity index (χ4v) is 2.26. The third-order valence-corrected chi connectivity index (χ3v) is 3.27. The van der Waals surface area contributed by atoms with E-state index in [1.165, 1.54) is 0 Å². The molecule has 1 N–H and O–H groups in total. The van der Waals surface area contributed by atoms with E-state index in [1.807, 2.05) is 32.0 Å². The van der Waals surface area contributed by atoms with Gasteiger partial charge in [0.15, 0.2) is 0 Å². The van der Waals surface area contributed by atoms with Crippen molar-refractivity contribution in [2.75, 3.05) is 39.5 Å². The normalized spacial score (nSPS) is 16.2. The Morgan fingerprint density at radius 3 is 2.57 bits per heavy atom. The molecule has 118 valence electrons. The molecule has 1 aliphatic heterocycles. The molecule has 0 amide bonds. The first kappa shape index (κ1) is 16.1. The first-order valence-corrected chi connectivity index (χ1v) is 7.52. The van der Waals surface area contributed by atoms with E-state index in [4.69, 9.17) is 14.2 Å². The van der Waals surface area contributed by atoms with Gasteiger partial charge in [-0.2, -0.15) is 0 Å². The molecule has 1 aliphatic rings. The van der Waals surface area contributed by atoms with Crippen molar-refractivity contribution in [3.8, 4) is 11.5 Å².